The maximum Gasteiger partial charge on any atom is 0.407 e. The van der Waals surface area contributed by atoms with Crippen LogP contribution in [0.4, 0.5) is 4.79 Å². The van der Waals surface area contributed by atoms with Gasteiger partial charge in [-0.2, -0.15) is 0 Å². The van der Waals surface area contributed by atoms with Crippen molar-refractivity contribution < 1.29 is 9.53 Å². The predicted octanol–water partition coefficient (Wildman–Crippen LogP) is 1.41. The van der Waals surface area contributed by atoms with E-state index in [0.717, 1.165) is 17.0 Å². The molecule has 1 aliphatic rings. The Labute approximate surface area is 76.3 Å². The summed E-state index contributed by atoms with van der Waals surface area (Å²) in [5.41, 5.74) is 3.23. The quantitative estimate of drug-likeness (QED) is 0.686. The number of aryl methyl sites for hydroxylation is 2. The summed E-state index contributed by atoms with van der Waals surface area (Å²) in [5, 5.41) is 2.63. The number of hydrogen-bond donors (Lipinski definition) is 2. The van der Waals surface area contributed by atoms with Crippen molar-refractivity contribution in [2.24, 2.45) is 0 Å². The SMILES string of the molecule is Cc1cc(C2CNC(=O)O2)c(C)[nH]1. The van der Waals surface area contributed by atoms with Gasteiger partial charge in [0.1, 0.15) is 6.10 Å². The van der Waals surface area contributed by atoms with Crippen LogP contribution in [0.25, 0.3) is 0 Å². The van der Waals surface area contributed by atoms with E-state index in [2.05, 4.69) is 10.3 Å². The van der Waals surface area contributed by atoms with Crippen molar-refractivity contribution in [3.05, 3.63) is 23.0 Å². The van der Waals surface area contributed by atoms with Crippen LogP contribution in [0.1, 0.15) is 23.1 Å². The molecule has 0 radical (unpaired) electrons. The lowest BCUT2D eigenvalue weighted by atomic mass is 10.1. The summed E-state index contributed by atoms with van der Waals surface area (Å²) in [4.78, 5) is 14.0. The fourth-order valence-electron chi connectivity index (χ4n) is 1.64. The number of ether oxygens (including phenoxy) is 1. The molecule has 0 aliphatic carbocycles. The van der Waals surface area contributed by atoms with Gasteiger partial charge in [-0.3, -0.25) is 0 Å². The minimum Gasteiger partial charge on any atom is -0.439 e. The molecule has 4 nitrogen and oxygen atoms in total. The predicted molar refractivity (Wildman–Crippen MR) is 47.5 cm³/mol. The number of amides is 1. The van der Waals surface area contributed by atoms with Crippen LogP contribution in [0.5, 0.6) is 0 Å². The molecule has 2 heterocycles. The zero-order chi connectivity index (χ0) is 9.42. The molecule has 2 rings (SSSR count). The minimum atomic E-state index is -0.330. The standard InChI is InChI=1S/C9H12N2O2/c1-5-3-7(6(2)11-5)8-4-10-9(12)13-8/h3,8,11H,4H2,1-2H3,(H,10,12). The summed E-state index contributed by atoms with van der Waals surface area (Å²) >= 11 is 0. The number of nitrogens with one attached hydrogen (secondary N) is 2. The lowest BCUT2D eigenvalue weighted by Crippen LogP contribution is -2.12. The Bertz CT molecular complexity index is 343. The molecule has 70 valence electrons. The Hall–Kier alpha value is -1.45. The highest BCUT2D eigenvalue weighted by atomic mass is 16.6. The summed E-state index contributed by atoms with van der Waals surface area (Å²) in [6, 6.07) is 2.01. The largest absolute Gasteiger partial charge is 0.439 e. The first-order chi connectivity index (χ1) is 6.16. The van der Waals surface area contributed by atoms with Gasteiger partial charge in [0.25, 0.3) is 0 Å². The van der Waals surface area contributed by atoms with Crippen LogP contribution in [0.15, 0.2) is 6.07 Å². The average molecular weight is 180 g/mol. The van der Waals surface area contributed by atoms with Gasteiger partial charge < -0.3 is 15.0 Å². The number of hydrogen-bond acceptors (Lipinski definition) is 2. The number of carbonyl (C=O) groups excluding carboxylic acids is 1. The number of H-pyrrole nitrogens is 1. The van der Waals surface area contributed by atoms with Crippen molar-refractivity contribution in [1.29, 1.82) is 0 Å². The number of alkyl carbamates (subject to hydrolysis) is 1. The van der Waals surface area contributed by atoms with E-state index in [1.165, 1.54) is 0 Å². The van der Waals surface area contributed by atoms with Crippen LogP contribution in [-0.4, -0.2) is 17.6 Å². The van der Waals surface area contributed by atoms with Crippen molar-refractivity contribution in [3.8, 4) is 0 Å². The molecule has 1 fully saturated rings. The topological polar surface area (TPSA) is 54.1 Å². The van der Waals surface area contributed by atoms with Gasteiger partial charge in [0, 0.05) is 17.0 Å². The molecule has 13 heavy (non-hydrogen) atoms. The average Bonchev–Trinajstić information content (AvgIpc) is 2.58. The zero-order valence-electron chi connectivity index (χ0n) is 7.68. The van der Waals surface area contributed by atoms with Gasteiger partial charge in [-0.15, -0.1) is 0 Å². The van der Waals surface area contributed by atoms with Crippen LogP contribution in [0.2, 0.25) is 0 Å². The first kappa shape index (κ1) is 8.16. The summed E-state index contributed by atoms with van der Waals surface area (Å²) in [6.07, 6.45) is -0.458. The molecule has 0 bridgehead atoms. The van der Waals surface area contributed by atoms with E-state index in [9.17, 15) is 4.79 Å². The third-order valence-electron chi connectivity index (χ3n) is 2.22. The maximum atomic E-state index is 10.8. The third kappa shape index (κ3) is 1.39. The Balaban J connectivity index is 2.25. The van der Waals surface area contributed by atoms with Gasteiger partial charge in [-0.25, -0.2) is 4.79 Å². The monoisotopic (exact) mass is 180 g/mol. The molecular formula is C9H12N2O2. The highest BCUT2D eigenvalue weighted by Crippen LogP contribution is 2.24. The molecule has 0 aromatic carbocycles. The second kappa shape index (κ2) is 2.80. The number of cyclic esters (lactones) is 1. The lowest BCUT2D eigenvalue weighted by molar-refractivity contribution is 0.141. The molecule has 1 aromatic heterocycles. The van der Waals surface area contributed by atoms with Crippen LogP contribution >= 0.6 is 0 Å². The first-order valence-corrected chi connectivity index (χ1v) is 4.27. The summed E-state index contributed by atoms with van der Waals surface area (Å²) in [6.45, 7) is 4.53. The highest BCUT2D eigenvalue weighted by Gasteiger charge is 2.26. The lowest BCUT2D eigenvalue weighted by Gasteiger charge is -2.05. The van der Waals surface area contributed by atoms with Crippen LogP contribution < -0.4 is 5.32 Å². The fraction of sp³-hybridized carbons (Fsp3) is 0.444. The fourth-order valence-corrected chi connectivity index (χ4v) is 1.64. The molecule has 4 heteroatoms. The Morgan fingerprint density at radius 2 is 2.31 bits per heavy atom. The molecular weight excluding hydrogens is 168 g/mol. The third-order valence-corrected chi connectivity index (χ3v) is 2.22. The van der Waals surface area contributed by atoms with E-state index in [4.69, 9.17) is 4.74 Å². The number of rotatable bonds is 1. The molecule has 1 saturated heterocycles. The second-order valence-corrected chi connectivity index (χ2v) is 3.31. The van der Waals surface area contributed by atoms with Crippen molar-refractivity contribution in [3.63, 3.8) is 0 Å². The van der Waals surface area contributed by atoms with Gasteiger partial charge in [0.15, 0.2) is 0 Å². The van der Waals surface area contributed by atoms with Crippen molar-refractivity contribution in [2.45, 2.75) is 20.0 Å². The molecule has 1 aromatic rings. The van der Waals surface area contributed by atoms with Crippen molar-refractivity contribution >= 4 is 6.09 Å². The van der Waals surface area contributed by atoms with Crippen molar-refractivity contribution in [1.82, 2.24) is 10.3 Å². The summed E-state index contributed by atoms with van der Waals surface area (Å²) in [7, 11) is 0. The van der Waals surface area contributed by atoms with Gasteiger partial charge in [-0.05, 0) is 19.9 Å². The van der Waals surface area contributed by atoms with Crippen LogP contribution in [0, 0.1) is 13.8 Å². The maximum absolute atomic E-state index is 10.8. The Morgan fingerprint density at radius 1 is 1.54 bits per heavy atom. The van der Waals surface area contributed by atoms with E-state index >= 15 is 0 Å². The van der Waals surface area contributed by atoms with Gasteiger partial charge in [0.2, 0.25) is 0 Å². The molecule has 1 unspecified atom stereocenters. The van der Waals surface area contributed by atoms with Crippen LogP contribution in [0.3, 0.4) is 0 Å². The van der Waals surface area contributed by atoms with Gasteiger partial charge >= 0.3 is 6.09 Å². The second-order valence-electron chi connectivity index (χ2n) is 3.31. The summed E-state index contributed by atoms with van der Waals surface area (Å²) in [5.74, 6) is 0. The van der Waals surface area contributed by atoms with E-state index in [0.29, 0.717) is 6.54 Å². The molecule has 0 saturated carbocycles. The Morgan fingerprint density at radius 3 is 2.77 bits per heavy atom. The van der Waals surface area contributed by atoms with E-state index in [1.54, 1.807) is 0 Å². The highest BCUT2D eigenvalue weighted by molar-refractivity contribution is 5.69. The molecule has 1 amide bonds. The van der Waals surface area contributed by atoms with Gasteiger partial charge in [0.05, 0.1) is 6.54 Å². The molecule has 0 spiro atoms. The number of aromatic nitrogens is 1. The molecule has 1 aliphatic heterocycles. The van der Waals surface area contributed by atoms with Crippen molar-refractivity contribution in [2.75, 3.05) is 6.54 Å². The minimum absolute atomic E-state index is 0.127. The Kier molecular flexibility index (Phi) is 1.76. The number of carbonyl (C=O) groups is 1. The van der Waals surface area contributed by atoms with E-state index in [-0.39, 0.29) is 12.2 Å². The molecule has 2 N–H and O–H groups in total. The smallest absolute Gasteiger partial charge is 0.407 e. The first-order valence-electron chi connectivity index (χ1n) is 4.27. The van der Waals surface area contributed by atoms with E-state index < -0.39 is 0 Å². The van der Waals surface area contributed by atoms with E-state index in [1.807, 2.05) is 19.9 Å². The normalized spacial score (nSPS) is 21.4. The molecule has 1 atom stereocenters. The summed E-state index contributed by atoms with van der Waals surface area (Å²) < 4.78 is 5.07. The number of aromatic amines is 1. The zero-order valence-corrected chi connectivity index (χ0v) is 7.68. The van der Waals surface area contributed by atoms with Gasteiger partial charge in [-0.1, -0.05) is 0 Å². The van der Waals surface area contributed by atoms with Crippen LogP contribution in [-0.2, 0) is 4.74 Å².